The minimum Gasteiger partial charge on any atom is -0.351 e. The first-order valence-electron chi connectivity index (χ1n) is 6.12. The van der Waals surface area contributed by atoms with Gasteiger partial charge in [0.25, 0.3) is 5.91 Å². The smallest absolute Gasteiger partial charge is 0.257 e. The molecule has 0 saturated heterocycles. The molecule has 0 fully saturated rings. The second-order valence-corrected chi connectivity index (χ2v) is 5.33. The molecule has 3 N–H and O–H groups in total. The van der Waals surface area contributed by atoms with Gasteiger partial charge in [-0.15, -0.1) is 0 Å². The predicted octanol–water partition coefficient (Wildman–Crippen LogP) is 2.49. The molecule has 1 rings (SSSR count). The molecule has 0 heterocycles. The van der Waals surface area contributed by atoms with Crippen LogP contribution in [0.4, 0.5) is 22.0 Å². The lowest BCUT2D eigenvalue weighted by molar-refractivity contribution is 0.0923. The first-order valence-corrected chi connectivity index (χ1v) is 6.12. The van der Waals surface area contributed by atoms with Gasteiger partial charge in [0.1, 0.15) is 5.56 Å². The van der Waals surface area contributed by atoms with Gasteiger partial charge in [-0.3, -0.25) is 4.79 Å². The first-order chi connectivity index (χ1) is 9.62. The number of rotatable bonds is 5. The normalized spacial score (nSPS) is 11.6. The van der Waals surface area contributed by atoms with E-state index in [1.165, 1.54) is 0 Å². The molecular weight excluding hydrogens is 295 g/mol. The third kappa shape index (κ3) is 3.69. The van der Waals surface area contributed by atoms with Crippen molar-refractivity contribution in [2.24, 2.45) is 11.1 Å². The Morgan fingerprint density at radius 1 is 1.00 bits per heavy atom. The molecular formula is C13H15F5N2O. The molecule has 0 spiro atoms. The van der Waals surface area contributed by atoms with E-state index in [2.05, 4.69) is 5.32 Å². The Labute approximate surface area is 118 Å². The number of hydrogen-bond donors (Lipinski definition) is 2. The van der Waals surface area contributed by atoms with Crippen LogP contribution in [0.5, 0.6) is 0 Å². The number of hydrogen-bond acceptors (Lipinski definition) is 2. The van der Waals surface area contributed by atoms with Crippen LogP contribution in [-0.4, -0.2) is 19.0 Å². The summed E-state index contributed by atoms with van der Waals surface area (Å²) in [4.78, 5) is 11.7. The highest BCUT2D eigenvalue weighted by molar-refractivity contribution is 5.94. The van der Waals surface area contributed by atoms with Gasteiger partial charge in [0.15, 0.2) is 23.3 Å². The minimum absolute atomic E-state index is 0.0253. The maximum Gasteiger partial charge on any atom is 0.257 e. The maximum atomic E-state index is 13.4. The molecule has 118 valence electrons. The van der Waals surface area contributed by atoms with Gasteiger partial charge in [0, 0.05) is 6.54 Å². The minimum atomic E-state index is -2.30. The lowest BCUT2D eigenvalue weighted by atomic mass is 9.89. The van der Waals surface area contributed by atoms with Crippen LogP contribution in [0.15, 0.2) is 0 Å². The van der Waals surface area contributed by atoms with Gasteiger partial charge in [-0.1, -0.05) is 13.8 Å². The van der Waals surface area contributed by atoms with Crippen LogP contribution in [-0.2, 0) is 0 Å². The van der Waals surface area contributed by atoms with Crippen molar-refractivity contribution >= 4 is 5.91 Å². The van der Waals surface area contributed by atoms with Gasteiger partial charge in [-0.2, -0.15) is 0 Å². The van der Waals surface area contributed by atoms with Gasteiger partial charge in [-0.25, -0.2) is 22.0 Å². The highest BCUT2D eigenvalue weighted by Crippen LogP contribution is 2.23. The summed E-state index contributed by atoms with van der Waals surface area (Å²) >= 11 is 0. The first kappa shape index (κ1) is 17.4. The largest absolute Gasteiger partial charge is 0.351 e. The average molecular weight is 310 g/mol. The zero-order chi connectivity index (χ0) is 16.4. The zero-order valence-electron chi connectivity index (χ0n) is 11.5. The van der Waals surface area contributed by atoms with E-state index < -0.39 is 46.0 Å². The van der Waals surface area contributed by atoms with Crippen molar-refractivity contribution in [1.82, 2.24) is 5.32 Å². The third-order valence-electron chi connectivity index (χ3n) is 2.99. The van der Waals surface area contributed by atoms with Crippen LogP contribution in [0.25, 0.3) is 0 Å². The molecule has 1 aromatic rings. The number of nitrogens with one attached hydrogen (secondary N) is 1. The van der Waals surface area contributed by atoms with Crippen molar-refractivity contribution < 1.29 is 26.7 Å². The molecule has 0 aliphatic carbocycles. The Hall–Kier alpha value is -1.70. The standard InChI is InChI=1S/C13H15F5N2O/c1-13(2,3-4-19)5-20-12(21)6-7(14)9(16)11(18)10(17)8(6)15/h3-5,19H2,1-2H3,(H,20,21). The van der Waals surface area contributed by atoms with E-state index in [4.69, 9.17) is 5.73 Å². The molecule has 0 bridgehead atoms. The summed E-state index contributed by atoms with van der Waals surface area (Å²) in [5.74, 6) is -12.3. The summed E-state index contributed by atoms with van der Waals surface area (Å²) in [5.41, 5.74) is 3.39. The average Bonchev–Trinajstić information content (AvgIpc) is 2.41. The van der Waals surface area contributed by atoms with Gasteiger partial charge in [0.2, 0.25) is 5.82 Å². The van der Waals surface area contributed by atoms with Crippen LogP contribution in [0.3, 0.4) is 0 Å². The number of carbonyl (C=O) groups is 1. The van der Waals surface area contributed by atoms with Crippen molar-refractivity contribution in [2.75, 3.05) is 13.1 Å². The number of halogens is 5. The second-order valence-electron chi connectivity index (χ2n) is 5.33. The summed E-state index contributed by atoms with van der Waals surface area (Å²) in [6.45, 7) is 3.77. The summed E-state index contributed by atoms with van der Waals surface area (Å²) in [6.07, 6.45) is 0.504. The van der Waals surface area contributed by atoms with E-state index in [9.17, 15) is 26.7 Å². The Morgan fingerprint density at radius 2 is 1.43 bits per heavy atom. The Balaban J connectivity index is 3.04. The maximum absolute atomic E-state index is 13.4. The van der Waals surface area contributed by atoms with Crippen LogP contribution < -0.4 is 11.1 Å². The fraction of sp³-hybridized carbons (Fsp3) is 0.462. The van der Waals surface area contributed by atoms with E-state index >= 15 is 0 Å². The van der Waals surface area contributed by atoms with Crippen molar-refractivity contribution in [3.8, 4) is 0 Å². The van der Waals surface area contributed by atoms with E-state index in [-0.39, 0.29) is 6.54 Å². The molecule has 0 aliphatic rings. The number of nitrogens with two attached hydrogens (primary N) is 1. The number of benzene rings is 1. The topological polar surface area (TPSA) is 55.1 Å². The molecule has 0 aromatic heterocycles. The molecule has 1 amide bonds. The summed E-state index contributed by atoms with van der Waals surface area (Å²) in [6, 6.07) is 0. The number of amides is 1. The van der Waals surface area contributed by atoms with Crippen LogP contribution in [0.1, 0.15) is 30.6 Å². The van der Waals surface area contributed by atoms with E-state index in [1.807, 2.05) is 0 Å². The molecule has 21 heavy (non-hydrogen) atoms. The third-order valence-corrected chi connectivity index (χ3v) is 2.99. The zero-order valence-corrected chi connectivity index (χ0v) is 11.5. The molecule has 0 aliphatic heterocycles. The van der Waals surface area contributed by atoms with E-state index in [0.29, 0.717) is 13.0 Å². The van der Waals surface area contributed by atoms with Crippen LogP contribution in [0.2, 0.25) is 0 Å². The Bertz CT molecular complexity index is 531. The van der Waals surface area contributed by atoms with Crippen molar-refractivity contribution in [2.45, 2.75) is 20.3 Å². The summed E-state index contributed by atoms with van der Waals surface area (Å²) < 4.78 is 65.7. The molecule has 3 nitrogen and oxygen atoms in total. The molecule has 1 aromatic carbocycles. The molecule has 0 atom stereocenters. The molecule has 0 saturated carbocycles. The number of carbonyl (C=O) groups excluding carboxylic acids is 1. The van der Waals surface area contributed by atoms with E-state index in [1.54, 1.807) is 13.8 Å². The van der Waals surface area contributed by atoms with Crippen LogP contribution in [0, 0.1) is 34.5 Å². The van der Waals surface area contributed by atoms with E-state index in [0.717, 1.165) is 0 Å². The Morgan fingerprint density at radius 3 is 1.86 bits per heavy atom. The molecule has 0 radical (unpaired) electrons. The monoisotopic (exact) mass is 310 g/mol. The Kier molecular flexibility index (Phi) is 5.27. The van der Waals surface area contributed by atoms with Crippen molar-refractivity contribution in [1.29, 1.82) is 0 Å². The van der Waals surface area contributed by atoms with Crippen molar-refractivity contribution in [3.63, 3.8) is 0 Å². The fourth-order valence-corrected chi connectivity index (χ4v) is 1.69. The highest BCUT2D eigenvalue weighted by atomic mass is 19.2. The SMILES string of the molecule is CC(C)(CCN)CNC(=O)c1c(F)c(F)c(F)c(F)c1F. The quantitative estimate of drug-likeness (QED) is 0.499. The van der Waals surface area contributed by atoms with Gasteiger partial charge in [-0.05, 0) is 18.4 Å². The van der Waals surface area contributed by atoms with Gasteiger partial charge in [0.05, 0.1) is 0 Å². The van der Waals surface area contributed by atoms with Crippen molar-refractivity contribution in [3.05, 3.63) is 34.6 Å². The van der Waals surface area contributed by atoms with Crippen LogP contribution >= 0.6 is 0 Å². The highest BCUT2D eigenvalue weighted by Gasteiger charge is 2.30. The molecule has 8 heteroatoms. The van der Waals surface area contributed by atoms with Gasteiger partial charge >= 0.3 is 0 Å². The second kappa shape index (κ2) is 6.38. The van der Waals surface area contributed by atoms with Gasteiger partial charge < -0.3 is 11.1 Å². The molecule has 0 unspecified atom stereocenters. The lowest BCUT2D eigenvalue weighted by Gasteiger charge is -2.24. The summed E-state index contributed by atoms with van der Waals surface area (Å²) in [7, 11) is 0. The summed E-state index contributed by atoms with van der Waals surface area (Å²) in [5, 5.41) is 2.15. The predicted molar refractivity (Wildman–Crippen MR) is 66.0 cm³/mol. The fourth-order valence-electron chi connectivity index (χ4n) is 1.69. The lowest BCUT2D eigenvalue weighted by Crippen LogP contribution is -2.36.